The normalized spacial score (nSPS) is 15.1. The minimum absolute atomic E-state index is 0.00971. The largest absolute Gasteiger partial charge is 0.456 e. The van der Waals surface area contributed by atoms with Crippen LogP contribution in [0.1, 0.15) is 28.1 Å². The van der Waals surface area contributed by atoms with Crippen LogP contribution in [0, 0.1) is 10.1 Å². The van der Waals surface area contributed by atoms with Gasteiger partial charge in [-0.3, -0.25) is 14.9 Å². The zero-order chi connectivity index (χ0) is 18.1. The molecule has 0 unspecified atom stereocenters. The number of nitro groups is 1. The summed E-state index contributed by atoms with van der Waals surface area (Å²) >= 11 is 0. The van der Waals surface area contributed by atoms with E-state index in [0.717, 1.165) is 17.5 Å². The Balaban J connectivity index is 1.67. The standard InChI is InChI=1S/C21H15NO4/c23-21-15(10-9-14-5-1-2-6-17(14)21)13-16-11-12-20(26-16)18-7-3-4-8-19(18)22(24)25/h1-8,11-13H,9-10H2. The summed E-state index contributed by atoms with van der Waals surface area (Å²) in [6, 6.07) is 17.5. The number of nitrogens with zero attached hydrogens (tertiary/aromatic N) is 1. The fourth-order valence-electron chi connectivity index (χ4n) is 3.24. The molecule has 0 bridgehead atoms. The van der Waals surface area contributed by atoms with Crippen molar-refractivity contribution in [3.63, 3.8) is 0 Å². The third-order valence-electron chi connectivity index (χ3n) is 4.53. The maximum Gasteiger partial charge on any atom is 0.280 e. The maximum absolute atomic E-state index is 12.6. The van der Waals surface area contributed by atoms with Gasteiger partial charge in [-0.05, 0) is 42.7 Å². The van der Waals surface area contributed by atoms with E-state index in [0.29, 0.717) is 29.1 Å². The number of benzene rings is 2. The third-order valence-corrected chi connectivity index (χ3v) is 4.53. The van der Waals surface area contributed by atoms with Gasteiger partial charge in [-0.15, -0.1) is 0 Å². The number of nitro benzene ring substituents is 1. The highest BCUT2D eigenvalue weighted by molar-refractivity contribution is 6.13. The van der Waals surface area contributed by atoms with Gasteiger partial charge in [0.25, 0.3) is 5.69 Å². The maximum atomic E-state index is 12.6. The van der Waals surface area contributed by atoms with E-state index in [1.165, 1.54) is 6.07 Å². The highest BCUT2D eigenvalue weighted by Crippen LogP contribution is 2.32. The van der Waals surface area contributed by atoms with Crippen LogP contribution in [0.15, 0.2) is 70.7 Å². The van der Waals surface area contributed by atoms with Crippen molar-refractivity contribution in [3.05, 3.63) is 93.2 Å². The Kier molecular flexibility index (Phi) is 3.97. The number of rotatable bonds is 3. The van der Waals surface area contributed by atoms with Gasteiger partial charge in [-0.2, -0.15) is 0 Å². The van der Waals surface area contributed by atoms with Gasteiger partial charge in [0, 0.05) is 17.2 Å². The van der Waals surface area contributed by atoms with Gasteiger partial charge in [0.2, 0.25) is 0 Å². The molecule has 0 aliphatic heterocycles. The van der Waals surface area contributed by atoms with Crippen LogP contribution in [0.25, 0.3) is 17.4 Å². The van der Waals surface area contributed by atoms with Gasteiger partial charge in [-0.25, -0.2) is 0 Å². The van der Waals surface area contributed by atoms with Crippen molar-refractivity contribution in [2.24, 2.45) is 0 Å². The molecule has 128 valence electrons. The van der Waals surface area contributed by atoms with E-state index in [4.69, 9.17) is 4.42 Å². The van der Waals surface area contributed by atoms with Crippen molar-refractivity contribution in [2.45, 2.75) is 12.8 Å². The van der Waals surface area contributed by atoms with E-state index in [-0.39, 0.29) is 11.5 Å². The number of para-hydroxylation sites is 1. The third kappa shape index (κ3) is 2.84. The van der Waals surface area contributed by atoms with E-state index >= 15 is 0 Å². The monoisotopic (exact) mass is 345 g/mol. The van der Waals surface area contributed by atoms with Crippen molar-refractivity contribution in [1.29, 1.82) is 0 Å². The number of ketones is 1. The molecule has 0 radical (unpaired) electrons. The van der Waals surface area contributed by atoms with Gasteiger partial charge in [0.15, 0.2) is 5.78 Å². The van der Waals surface area contributed by atoms with Gasteiger partial charge in [0.05, 0.1) is 10.5 Å². The first-order chi connectivity index (χ1) is 12.6. The number of Topliss-reactive ketones (excluding diaryl/α,β-unsaturated/α-hetero) is 1. The number of aryl methyl sites for hydroxylation is 1. The van der Waals surface area contributed by atoms with Crippen LogP contribution in [-0.4, -0.2) is 10.7 Å². The van der Waals surface area contributed by atoms with Gasteiger partial charge in [-0.1, -0.05) is 36.4 Å². The Morgan fingerprint density at radius 1 is 0.923 bits per heavy atom. The van der Waals surface area contributed by atoms with E-state index in [1.807, 2.05) is 24.3 Å². The summed E-state index contributed by atoms with van der Waals surface area (Å²) in [5.74, 6) is 0.934. The summed E-state index contributed by atoms with van der Waals surface area (Å²) in [7, 11) is 0. The van der Waals surface area contributed by atoms with Crippen LogP contribution in [0.5, 0.6) is 0 Å². The number of carbonyl (C=O) groups excluding carboxylic acids is 1. The van der Waals surface area contributed by atoms with Crippen LogP contribution >= 0.6 is 0 Å². The molecule has 0 N–H and O–H groups in total. The van der Waals surface area contributed by atoms with E-state index in [1.54, 1.807) is 36.4 Å². The molecule has 1 aliphatic carbocycles. The van der Waals surface area contributed by atoms with Crippen LogP contribution in [0.2, 0.25) is 0 Å². The summed E-state index contributed by atoms with van der Waals surface area (Å²) in [4.78, 5) is 23.4. The molecule has 26 heavy (non-hydrogen) atoms. The smallest absolute Gasteiger partial charge is 0.280 e. The molecule has 4 rings (SSSR count). The number of furan rings is 1. The van der Waals surface area contributed by atoms with Gasteiger partial charge in [0.1, 0.15) is 11.5 Å². The zero-order valence-corrected chi connectivity index (χ0v) is 13.8. The summed E-state index contributed by atoms with van der Waals surface area (Å²) in [5, 5.41) is 11.2. The summed E-state index contributed by atoms with van der Waals surface area (Å²) in [5.41, 5.74) is 2.89. The Labute approximate surface area is 149 Å². The molecular formula is C21H15NO4. The Morgan fingerprint density at radius 2 is 1.65 bits per heavy atom. The molecule has 0 saturated carbocycles. The van der Waals surface area contributed by atoms with Crippen molar-refractivity contribution in [2.75, 3.05) is 0 Å². The molecular weight excluding hydrogens is 330 g/mol. The zero-order valence-electron chi connectivity index (χ0n) is 13.8. The Morgan fingerprint density at radius 3 is 2.46 bits per heavy atom. The van der Waals surface area contributed by atoms with Crippen LogP contribution in [0.3, 0.4) is 0 Å². The fourth-order valence-corrected chi connectivity index (χ4v) is 3.24. The molecule has 0 saturated heterocycles. The predicted molar refractivity (Wildman–Crippen MR) is 97.9 cm³/mol. The summed E-state index contributed by atoms with van der Waals surface area (Å²) in [6.45, 7) is 0. The minimum Gasteiger partial charge on any atom is -0.456 e. The molecule has 1 heterocycles. The average molecular weight is 345 g/mol. The highest BCUT2D eigenvalue weighted by Gasteiger charge is 2.22. The average Bonchev–Trinajstić information content (AvgIpc) is 3.13. The molecule has 0 fully saturated rings. The van der Waals surface area contributed by atoms with Crippen molar-refractivity contribution in [1.82, 2.24) is 0 Å². The number of fused-ring (bicyclic) bond motifs is 1. The molecule has 5 heteroatoms. The molecule has 5 nitrogen and oxygen atoms in total. The molecule has 2 aromatic carbocycles. The molecule has 1 aromatic heterocycles. The molecule has 3 aromatic rings. The molecule has 0 spiro atoms. The SMILES string of the molecule is O=C1C(=Cc2ccc(-c3ccccc3[N+](=O)[O-])o2)CCc2ccccc21. The fraction of sp³-hybridized carbons (Fsp3) is 0.0952. The van der Waals surface area contributed by atoms with Crippen LogP contribution in [0.4, 0.5) is 5.69 Å². The van der Waals surface area contributed by atoms with E-state index in [9.17, 15) is 14.9 Å². The molecule has 0 atom stereocenters. The lowest BCUT2D eigenvalue weighted by Crippen LogP contribution is -2.13. The topological polar surface area (TPSA) is 73.3 Å². The van der Waals surface area contributed by atoms with Crippen molar-refractivity contribution in [3.8, 4) is 11.3 Å². The lowest BCUT2D eigenvalue weighted by molar-refractivity contribution is -0.384. The lowest BCUT2D eigenvalue weighted by atomic mass is 9.86. The first kappa shape index (κ1) is 16.0. The van der Waals surface area contributed by atoms with Crippen molar-refractivity contribution < 1.29 is 14.1 Å². The summed E-state index contributed by atoms with van der Waals surface area (Å²) < 4.78 is 5.77. The Hall–Kier alpha value is -3.47. The predicted octanol–water partition coefficient (Wildman–Crippen LogP) is 5.07. The number of carbonyl (C=O) groups is 1. The van der Waals surface area contributed by atoms with Crippen LogP contribution < -0.4 is 0 Å². The number of hydrogen-bond donors (Lipinski definition) is 0. The van der Waals surface area contributed by atoms with Crippen LogP contribution in [-0.2, 0) is 6.42 Å². The number of allylic oxidation sites excluding steroid dienone is 1. The first-order valence-electron chi connectivity index (χ1n) is 8.30. The minimum atomic E-state index is -0.433. The van der Waals surface area contributed by atoms with Gasteiger partial charge < -0.3 is 4.42 Å². The second-order valence-corrected chi connectivity index (χ2v) is 6.13. The lowest BCUT2D eigenvalue weighted by Gasteiger charge is -2.16. The first-order valence-corrected chi connectivity index (χ1v) is 8.30. The second kappa shape index (κ2) is 6.44. The number of hydrogen-bond acceptors (Lipinski definition) is 4. The molecule has 0 amide bonds. The Bertz CT molecular complexity index is 1050. The van der Waals surface area contributed by atoms with Crippen molar-refractivity contribution >= 4 is 17.5 Å². The highest BCUT2D eigenvalue weighted by atomic mass is 16.6. The van der Waals surface area contributed by atoms with E-state index in [2.05, 4.69) is 0 Å². The van der Waals surface area contributed by atoms with E-state index < -0.39 is 4.92 Å². The summed E-state index contributed by atoms with van der Waals surface area (Å²) in [6.07, 6.45) is 3.19. The van der Waals surface area contributed by atoms with Gasteiger partial charge >= 0.3 is 0 Å². The quantitative estimate of drug-likeness (QED) is 0.377. The second-order valence-electron chi connectivity index (χ2n) is 6.13. The molecule has 1 aliphatic rings.